The van der Waals surface area contributed by atoms with Gasteiger partial charge in [-0.15, -0.1) is 11.3 Å². The van der Waals surface area contributed by atoms with Crippen LogP contribution in [0.25, 0.3) is 20.4 Å². The van der Waals surface area contributed by atoms with Crippen LogP contribution in [-0.4, -0.2) is 21.0 Å². The standard InChI is InChI=1S/C18H22N4S/c1-10-6-4-5-7-13(10)22-17-16-15(19-9-20-17)14-11(2)8-12(3)21-18(14)23-16/h8-10,13H,4-7H2,1-3H3,(H,19,20,22). The van der Waals surface area contributed by atoms with E-state index in [2.05, 4.69) is 35.2 Å². The Morgan fingerprint density at radius 1 is 1.17 bits per heavy atom. The van der Waals surface area contributed by atoms with E-state index in [9.17, 15) is 0 Å². The lowest BCUT2D eigenvalue weighted by Gasteiger charge is -2.29. The largest absolute Gasteiger partial charge is 0.366 e. The summed E-state index contributed by atoms with van der Waals surface area (Å²) in [6, 6.07) is 2.65. The predicted molar refractivity (Wildman–Crippen MR) is 97.2 cm³/mol. The van der Waals surface area contributed by atoms with Gasteiger partial charge in [0.1, 0.15) is 17.0 Å². The van der Waals surface area contributed by atoms with Crippen LogP contribution in [0, 0.1) is 19.8 Å². The third-order valence-corrected chi connectivity index (χ3v) is 6.06. The summed E-state index contributed by atoms with van der Waals surface area (Å²) in [5, 5.41) is 4.88. The predicted octanol–water partition coefficient (Wildman–Crippen LogP) is 4.85. The minimum atomic E-state index is 0.517. The van der Waals surface area contributed by atoms with E-state index in [4.69, 9.17) is 4.98 Å². The first kappa shape index (κ1) is 14.8. The lowest BCUT2D eigenvalue weighted by atomic mass is 9.86. The first-order chi connectivity index (χ1) is 11.1. The van der Waals surface area contributed by atoms with Gasteiger partial charge in [-0.2, -0.15) is 0 Å². The van der Waals surface area contributed by atoms with Crippen molar-refractivity contribution in [1.82, 2.24) is 15.0 Å². The molecule has 3 heterocycles. The van der Waals surface area contributed by atoms with Crippen molar-refractivity contribution in [3.05, 3.63) is 23.7 Å². The zero-order valence-electron chi connectivity index (χ0n) is 13.9. The van der Waals surface area contributed by atoms with Crippen LogP contribution in [0.15, 0.2) is 12.4 Å². The van der Waals surface area contributed by atoms with E-state index >= 15 is 0 Å². The molecule has 4 nitrogen and oxygen atoms in total. The second kappa shape index (κ2) is 5.71. The Bertz CT molecular complexity index is 870. The van der Waals surface area contributed by atoms with E-state index in [0.29, 0.717) is 12.0 Å². The van der Waals surface area contributed by atoms with E-state index in [1.54, 1.807) is 17.7 Å². The molecule has 2 unspecified atom stereocenters. The average molecular weight is 326 g/mol. The van der Waals surface area contributed by atoms with E-state index in [-0.39, 0.29) is 0 Å². The molecule has 0 amide bonds. The molecule has 1 aliphatic rings. The number of hydrogen-bond donors (Lipinski definition) is 1. The Labute approximate surface area is 140 Å². The van der Waals surface area contributed by atoms with Gasteiger partial charge < -0.3 is 5.32 Å². The summed E-state index contributed by atoms with van der Waals surface area (Å²) in [5.41, 5.74) is 3.34. The number of hydrogen-bond acceptors (Lipinski definition) is 5. The third-order valence-electron chi connectivity index (χ3n) is 4.98. The summed E-state index contributed by atoms with van der Waals surface area (Å²) in [4.78, 5) is 14.9. The van der Waals surface area contributed by atoms with Crippen molar-refractivity contribution in [3.8, 4) is 0 Å². The maximum atomic E-state index is 4.70. The summed E-state index contributed by atoms with van der Waals surface area (Å²) in [6.07, 6.45) is 6.88. The van der Waals surface area contributed by atoms with Crippen LogP contribution in [0.1, 0.15) is 43.9 Å². The quantitative estimate of drug-likeness (QED) is 0.731. The first-order valence-electron chi connectivity index (χ1n) is 8.41. The summed E-state index contributed by atoms with van der Waals surface area (Å²) in [6.45, 7) is 6.53. The number of nitrogens with one attached hydrogen (secondary N) is 1. The summed E-state index contributed by atoms with van der Waals surface area (Å²) in [7, 11) is 0. The SMILES string of the molecule is Cc1cc(C)c2c(n1)sc1c(NC3CCCCC3C)ncnc12. The van der Waals surface area contributed by atoms with Crippen LogP contribution in [0.2, 0.25) is 0 Å². The molecule has 0 bridgehead atoms. The van der Waals surface area contributed by atoms with Crippen molar-refractivity contribution >= 4 is 37.6 Å². The fourth-order valence-corrected chi connectivity index (χ4v) is 4.92. The van der Waals surface area contributed by atoms with Gasteiger partial charge in [0.25, 0.3) is 0 Å². The maximum Gasteiger partial charge on any atom is 0.147 e. The van der Waals surface area contributed by atoms with Crippen LogP contribution in [0.5, 0.6) is 0 Å². The Morgan fingerprint density at radius 3 is 2.83 bits per heavy atom. The number of nitrogens with zero attached hydrogens (tertiary/aromatic N) is 3. The fraction of sp³-hybridized carbons (Fsp3) is 0.500. The molecule has 5 heteroatoms. The highest BCUT2D eigenvalue weighted by Gasteiger charge is 2.23. The molecule has 0 aromatic carbocycles. The lowest BCUT2D eigenvalue weighted by molar-refractivity contribution is 0.349. The molecule has 3 aromatic rings. The van der Waals surface area contributed by atoms with Crippen molar-refractivity contribution in [1.29, 1.82) is 0 Å². The molecule has 0 radical (unpaired) electrons. The van der Waals surface area contributed by atoms with Gasteiger partial charge in [0.15, 0.2) is 0 Å². The molecule has 0 saturated heterocycles. The maximum absolute atomic E-state index is 4.70. The Kier molecular flexibility index (Phi) is 3.68. The van der Waals surface area contributed by atoms with E-state index < -0.39 is 0 Å². The second-order valence-corrected chi connectivity index (χ2v) is 7.77. The molecule has 1 aliphatic carbocycles. The summed E-state index contributed by atoms with van der Waals surface area (Å²) < 4.78 is 1.14. The molecule has 1 saturated carbocycles. The molecular formula is C18H22N4S. The number of fused-ring (bicyclic) bond motifs is 3. The summed E-state index contributed by atoms with van der Waals surface area (Å²) >= 11 is 1.71. The smallest absolute Gasteiger partial charge is 0.147 e. The Hall–Kier alpha value is -1.75. The van der Waals surface area contributed by atoms with Crippen molar-refractivity contribution in [2.75, 3.05) is 5.32 Å². The van der Waals surface area contributed by atoms with Gasteiger partial charge in [-0.1, -0.05) is 19.8 Å². The molecule has 2 atom stereocenters. The topological polar surface area (TPSA) is 50.7 Å². The number of aromatic nitrogens is 3. The number of pyridine rings is 1. The van der Waals surface area contributed by atoms with Crippen LogP contribution in [0.3, 0.4) is 0 Å². The molecule has 1 N–H and O–H groups in total. The summed E-state index contributed by atoms with van der Waals surface area (Å²) in [5.74, 6) is 1.68. The zero-order chi connectivity index (χ0) is 16.0. The van der Waals surface area contributed by atoms with Gasteiger partial charge >= 0.3 is 0 Å². The van der Waals surface area contributed by atoms with Crippen LogP contribution < -0.4 is 5.32 Å². The van der Waals surface area contributed by atoms with Crippen molar-refractivity contribution in [2.45, 2.75) is 52.5 Å². The minimum Gasteiger partial charge on any atom is -0.366 e. The van der Waals surface area contributed by atoms with Gasteiger partial charge in [-0.05, 0) is 44.2 Å². The van der Waals surface area contributed by atoms with Gasteiger partial charge in [0.05, 0.1) is 10.2 Å². The fourth-order valence-electron chi connectivity index (χ4n) is 3.72. The molecule has 3 aromatic heterocycles. The number of aryl methyl sites for hydroxylation is 2. The molecule has 4 rings (SSSR count). The molecule has 0 aliphatic heterocycles. The number of rotatable bonds is 2. The van der Waals surface area contributed by atoms with E-state index in [1.165, 1.54) is 36.6 Å². The average Bonchev–Trinajstić information content (AvgIpc) is 2.89. The van der Waals surface area contributed by atoms with Crippen molar-refractivity contribution in [2.24, 2.45) is 5.92 Å². The van der Waals surface area contributed by atoms with Gasteiger partial charge in [-0.25, -0.2) is 15.0 Å². The van der Waals surface area contributed by atoms with Crippen LogP contribution in [0.4, 0.5) is 5.82 Å². The van der Waals surface area contributed by atoms with Gasteiger partial charge in [-0.3, -0.25) is 0 Å². The Balaban J connectivity index is 1.83. The van der Waals surface area contributed by atoms with Crippen LogP contribution in [-0.2, 0) is 0 Å². The van der Waals surface area contributed by atoms with Crippen LogP contribution >= 0.6 is 11.3 Å². The molecule has 0 spiro atoms. The first-order valence-corrected chi connectivity index (χ1v) is 9.23. The molecule has 120 valence electrons. The van der Waals surface area contributed by atoms with Crippen molar-refractivity contribution < 1.29 is 0 Å². The zero-order valence-corrected chi connectivity index (χ0v) is 14.7. The normalized spacial score (nSPS) is 21.9. The van der Waals surface area contributed by atoms with E-state index in [0.717, 1.165) is 26.6 Å². The number of thiophene rings is 1. The Morgan fingerprint density at radius 2 is 2.00 bits per heavy atom. The van der Waals surface area contributed by atoms with Gasteiger partial charge in [0.2, 0.25) is 0 Å². The number of anilines is 1. The monoisotopic (exact) mass is 326 g/mol. The minimum absolute atomic E-state index is 0.517. The lowest BCUT2D eigenvalue weighted by Crippen LogP contribution is -2.30. The third kappa shape index (κ3) is 2.57. The molecule has 1 fully saturated rings. The van der Waals surface area contributed by atoms with Gasteiger partial charge in [0, 0.05) is 17.1 Å². The van der Waals surface area contributed by atoms with E-state index in [1.807, 2.05) is 6.92 Å². The van der Waals surface area contributed by atoms with Crippen molar-refractivity contribution in [3.63, 3.8) is 0 Å². The molecular weight excluding hydrogens is 304 g/mol. The highest BCUT2D eigenvalue weighted by Crippen LogP contribution is 2.37. The highest BCUT2D eigenvalue weighted by atomic mass is 32.1. The second-order valence-electron chi connectivity index (χ2n) is 6.78. The molecule has 23 heavy (non-hydrogen) atoms. The highest BCUT2D eigenvalue weighted by molar-refractivity contribution is 7.26.